The maximum Gasteiger partial charge on any atom is 0.319 e. The number of carbonyl (C=O) groups excluding carboxylic acids is 1. The molecule has 2 amide bonds. The molecule has 1 unspecified atom stereocenters. The van der Waals surface area contributed by atoms with Crippen LogP contribution in [0.25, 0.3) is 0 Å². The van der Waals surface area contributed by atoms with Gasteiger partial charge in [-0.2, -0.15) is 0 Å². The van der Waals surface area contributed by atoms with E-state index in [0.717, 1.165) is 17.7 Å². The smallest absolute Gasteiger partial charge is 0.319 e. The van der Waals surface area contributed by atoms with Crippen molar-refractivity contribution in [1.29, 1.82) is 0 Å². The number of rotatable bonds is 8. The number of hydrogen-bond donors (Lipinski definition) is 3. The first-order valence-corrected chi connectivity index (χ1v) is 8.60. The van der Waals surface area contributed by atoms with Crippen LogP contribution in [0.15, 0.2) is 24.3 Å². The summed E-state index contributed by atoms with van der Waals surface area (Å²) >= 11 is 0. The second-order valence-corrected chi connectivity index (χ2v) is 6.13. The van der Waals surface area contributed by atoms with Crippen LogP contribution in [0.4, 0.5) is 10.5 Å². The molecule has 23 heavy (non-hydrogen) atoms. The largest absolute Gasteiger partial charge is 0.396 e. The number of aliphatic hydroxyl groups excluding tert-OH is 1. The van der Waals surface area contributed by atoms with E-state index in [1.54, 1.807) is 0 Å². The SMILES string of the molecule is CCC(CCO)NC(=O)Nc1ccc(COC2CCCC2)cc1. The Morgan fingerprint density at radius 3 is 2.61 bits per heavy atom. The predicted molar refractivity (Wildman–Crippen MR) is 91.4 cm³/mol. The Labute approximate surface area is 138 Å². The topological polar surface area (TPSA) is 70.6 Å². The van der Waals surface area contributed by atoms with Gasteiger partial charge in [-0.25, -0.2) is 4.79 Å². The van der Waals surface area contributed by atoms with Crippen molar-refractivity contribution >= 4 is 11.7 Å². The van der Waals surface area contributed by atoms with Crippen molar-refractivity contribution in [2.75, 3.05) is 11.9 Å². The summed E-state index contributed by atoms with van der Waals surface area (Å²) in [6.45, 7) is 2.69. The molecule has 1 aliphatic carbocycles. The second-order valence-electron chi connectivity index (χ2n) is 6.13. The minimum Gasteiger partial charge on any atom is -0.396 e. The van der Waals surface area contributed by atoms with E-state index >= 15 is 0 Å². The summed E-state index contributed by atoms with van der Waals surface area (Å²) in [6.07, 6.45) is 6.68. The number of hydrogen-bond acceptors (Lipinski definition) is 3. The van der Waals surface area contributed by atoms with E-state index in [-0.39, 0.29) is 18.7 Å². The third-order valence-corrected chi connectivity index (χ3v) is 4.31. The van der Waals surface area contributed by atoms with Gasteiger partial charge in [0, 0.05) is 18.3 Å². The van der Waals surface area contributed by atoms with Crippen molar-refractivity contribution in [1.82, 2.24) is 5.32 Å². The van der Waals surface area contributed by atoms with E-state index in [9.17, 15) is 4.79 Å². The molecule has 5 nitrogen and oxygen atoms in total. The van der Waals surface area contributed by atoms with Crippen LogP contribution in [0.1, 0.15) is 51.0 Å². The van der Waals surface area contributed by atoms with Gasteiger partial charge in [0.25, 0.3) is 0 Å². The predicted octanol–water partition coefficient (Wildman–Crippen LogP) is 3.43. The van der Waals surface area contributed by atoms with E-state index < -0.39 is 0 Å². The van der Waals surface area contributed by atoms with Crippen LogP contribution in [-0.4, -0.2) is 29.9 Å². The number of urea groups is 1. The molecule has 0 aliphatic heterocycles. The second kappa shape index (κ2) is 9.53. The number of nitrogens with one attached hydrogen (secondary N) is 2. The molecule has 1 aromatic rings. The molecule has 1 fully saturated rings. The van der Waals surface area contributed by atoms with Gasteiger partial charge in [-0.3, -0.25) is 0 Å². The maximum atomic E-state index is 11.9. The van der Waals surface area contributed by atoms with Gasteiger partial charge in [-0.1, -0.05) is 31.9 Å². The Hall–Kier alpha value is -1.59. The fourth-order valence-corrected chi connectivity index (χ4v) is 2.84. The quantitative estimate of drug-likeness (QED) is 0.687. The summed E-state index contributed by atoms with van der Waals surface area (Å²) in [5.74, 6) is 0. The van der Waals surface area contributed by atoms with Gasteiger partial charge >= 0.3 is 6.03 Å². The summed E-state index contributed by atoms with van der Waals surface area (Å²) < 4.78 is 5.88. The van der Waals surface area contributed by atoms with Crippen molar-refractivity contribution in [2.45, 2.75) is 64.2 Å². The standard InChI is InChI=1S/C18H28N2O3/c1-2-15(11-12-21)19-18(22)20-16-9-7-14(8-10-16)13-23-17-5-3-4-6-17/h7-10,15,17,21H,2-6,11-13H2,1H3,(H2,19,20,22). The van der Waals surface area contributed by atoms with Gasteiger partial charge in [0.1, 0.15) is 0 Å². The minimum atomic E-state index is -0.236. The summed E-state index contributed by atoms with van der Waals surface area (Å²) in [5, 5.41) is 14.6. The van der Waals surface area contributed by atoms with E-state index in [1.165, 1.54) is 25.7 Å². The lowest BCUT2D eigenvalue weighted by Crippen LogP contribution is -2.38. The normalized spacial score (nSPS) is 16.3. The maximum absolute atomic E-state index is 11.9. The number of carbonyl (C=O) groups is 1. The lowest BCUT2D eigenvalue weighted by atomic mass is 10.1. The van der Waals surface area contributed by atoms with Crippen molar-refractivity contribution in [3.8, 4) is 0 Å². The monoisotopic (exact) mass is 320 g/mol. The number of ether oxygens (including phenoxy) is 1. The van der Waals surface area contributed by atoms with Gasteiger partial charge in [-0.05, 0) is 43.4 Å². The first kappa shape index (κ1) is 17.8. The fourth-order valence-electron chi connectivity index (χ4n) is 2.84. The third kappa shape index (κ3) is 6.20. The van der Waals surface area contributed by atoms with Crippen molar-refractivity contribution in [2.24, 2.45) is 0 Å². The van der Waals surface area contributed by atoms with E-state index in [1.807, 2.05) is 31.2 Å². The van der Waals surface area contributed by atoms with Gasteiger partial charge in [-0.15, -0.1) is 0 Å². The lowest BCUT2D eigenvalue weighted by Gasteiger charge is -2.16. The Morgan fingerprint density at radius 1 is 1.30 bits per heavy atom. The van der Waals surface area contributed by atoms with E-state index in [2.05, 4.69) is 10.6 Å². The number of benzene rings is 1. The Kier molecular flexibility index (Phi) is 7.36. The van der Waals surface area contributed by atoms with Gasteiger partial charge < -0.3 is 20.5 Å². The molecule has 3 N–H and O–H groups in total. The zero-order chi connectivity index (χ0) is 16.5. The molecule has 5 heteroatoms. The molecule has 0 heterocycles. The average Bonchev–Trinajstić information content (AvgIpc) is 3.07. The molecule has 2 rings (SSSR count). The highest BCUT2D eigenvalue weighted by Crippen LogP contribution is 2.22. The Morgan fingerprint density at radius 2 is 2.00 bits per heavy atom. The van der Waals surface area contributed by atoms with Crippen LogP contribution >= 0.6 is 0 Å². The minimum absolute atomic E-state index is 0.000847. The van der Waals surface area contributed by atoms with Crippen LogP contribution in [0.5, 0.6) is 0 Å². The highest BCUT2D eigenvalue weighted by atomic mass is 16.5. The number of anilines is 1. The van der Waals surface area contributed by atoms with E-state index in [4.69, 9.17) is 9.84 Å². The highest BCUT2D eigenvalue weighted by Gasteiger charge is 2.15. The number of aliphatic hydroxyl groups is 1. The molecule has 0 saturated heterocycles. The fraction of sp³-hybridized carbons (Fsp3) is 0.611. The molecule has 1 saturated carbocycles. The summed E-state index contributed by atoms with van der Waals surface area (Å²) in [7, 11) is 0. The molecule has 128 valence electrons. The number of amides is 2. The Balaban J connectivity index is 1.76. The van der Waals surface area contributed by atoms with E-state index in [0.29, 0.717) is 19.1 Å². The lowest BCUT2D eigenvalue weighted by molar-refractivity contribution is 0.0457. The molecule has 0 spiro atoms. The van der Waals surface area contributed by atoms with Gasteiger partial charge in [0.2, 0.25) is 0 Å². The molecule has 0 radical (unpaired) electrons. The van der Waals surface area contributed by atoms with Crippen LogP contribution in [0, 0.1) is 0 Å². The third-order valence-electron chi connectivity index (χ3n) is 4.31. The van der Waals surface area contributed by atoms with Crippen molar-refractivity contribution in [3.63, 3.8) is 0 Å². The molecular weight excluding hydrogens is 292 g/mol. The average molecular weight is 320 g/mol. The first-order chi connectivity index (χ1) is 11.2. The molecule has 1 atom stereocenters. The molecule has 0 bridgehead atoms. The summed E-state index contributed by atoms with van der Waals surface area (Å²) in [6, 6.07) is 7.50. The molecule has 1 aromatic carbocycles. The van der Waals surface area contributed by atoms with Crippen LogP contribution in [0.2, 0.25) is 0 Å². The Bertz CT molecular complexity index is 470. The molecular formula is C18H28N2O3. The van der Waals surface area contributed by atoms with Crippen molar-refractivity contribution < 1.29 is 14.6 Å². The van der Waals surface area contributed by atoms with Crippen LogP contribution in [0.3, 0.4) is 0 Å². The highest BCUT2D eigenvalue weighted by molar-refractivity contribution is 5.89. The van der Waals surface area contributed by atoms with Crippen molar-refractivity contribution in [3.05, 3.63) is 29.8 Å². The van der Waals surface area contributed by atoms with Gasteiger partial charge in [0.05, 0.1) is 12.7 Å². The zero-order valence-corrected chi connectivity index (χ0v) is 13.9. The van der Waals surface area contributed by atoms with Crippen LogP contribution in [-0.2, 0) is 11.3 Å². The van der Waals surface area contributed by atoms with Crippen LogP contribution < -0.4 is 10.6 Å². The summed E-state index contributed by atoms with van der Waals surface area (Å²) in [5.41, 5.74) is 1.88. The molecule has 0 aromatic heterocycles. The van der Waals surface area contributed by atoms with Gasteiger partial charge in [0.15, 0.2) is 0 Å². The summed E-state index contributed by atoms with van der Waals surface area (Å²) in [4.78, 5) is 11.9. The zero-order valence-electron chi connectivity index (χ0n) is 13.9. The first-order valence-electron chi connectivity index (χ1n) is 8.60. The molecule has 1 aliphatic rings.